The summed E-state index contributed by atoms with van der Waals surface area (Å²) in [6, 6.07) is 0. The molecule has 0 aliphatic carbocycles. The van der Waals surface area contributed by atoms with E-state index in [-0.39, 0.29) is 30.0 Å². The van der Waals surface area contributed by atoms with Gasteiger partial charge in [0.05, 0.1) is 7.11 Å². The smallest absolute Gasteiger partial charge is 0.305 e. The second-order valence-electron chi connectivity index (χ2n) is 5.60. The first-order chi connectivity index (χ1) is 9.88. The van der Waals surface area contributed by atoms with Crippen molar-refractivity contribution in [2.24, 2.45) is 11.8 Å². The van der Waals surface area contributed by atoms with E-state index in [9.17, 15) is 14.4 Å². The number of carbonyl (C=O) groups is 3. The van der Waals surface area contributed by atoms with Gasteiger partial charge in [-0.05, 0) is 30.8 Å². The molecule has 0 aromatic heterocycles. The first-order valence-corrected chi connectivity index (χ1v) is 7.37. The number of ether oxygens (including phenoxy) is 1. The first-order valence-electron chi connectivity index (χ1n) is 7.37. The highest BCUT2D eigenvalue weighted by Crippen LogP contribution is 2.15. The number of carbonyl (C=O) groups excluding carboxylic acids is 3. The number of hydrogen-bond donors (Lipinski definition) is 1. The van der Waals surface area contributed by atoms with Crippen LogP contribution in [0.5, 0.6) is 0 Å². The van der Waals surface area contributed by atoms with Gasteiger partial charge in [0.25, 0.3) is 0 Å². The van der Waals surface area contributed by atoms with Gasteiger partial charge in [-0.3, -0.25) is 14.4 Å². The Balaban J connectivity index is 4.09. The number of ketones is 1. The SMILES string of the molecule is C=CC(=O)CC(CNC(=O)CCCC(=O)OC)CC(C)C. The quantitative estimate of drug-likeness (QED) is 0.469. The summed E-state index contributed by atoms with van der Waals surface area (Å²) in [6.07, 6.45) is 3.61. The van der Waals surface area contributed by atoms with E-state index >= 15 is 0 Å². The summed E-state index contributed by atoms with van der Waals surface area (Å²) < 4.78 is 4.51. The maximum absolute atomic E-state index is 11.7. The third-order valence-electron chi connectivity index (χ3n) is 3.12. The van der Waals surface area contributed by atoms with Gasteiger partial charge >= 0.3 is 5.97 Å². The normalized spacial score (nSPS) is 11.8. The van der Waals surface area contributed by atoms with Gasteiger partial charge in [0.2, 0.25) is 5.91 Å². The Morgan fingerprint density at radius 3 is 2.43 bits per heavy atom. The molecule has 0 spiro atoms. The van der Waals surface area contributed by atoms with Crippen LogP contribution >= 0.6 is 0 Å². The lowest BCUT2D eigenvalue weighted by molar-refractivity contribution is -0.140. The molecular weight excluding hydrogens is 270 g/mol. The van der Waals surface area contributed by atoms with E-state index in [1.54, 1.807) is 0 Å². The number of nitrogens with one attached hydrogen (secondary N) is 1. The molecule has 120 valence electrons. The van der Waals surface area contributed by atoms with Gasteiger partial charge in [0.15, 0.2) is 5.78 Å². The van der Waals surface area contributed by atoms with Crippen LogP contribution in [0, 0.1) is 11.8 Å². The third-order valence-corrected chi connectivity index (χ3v) is 3.12. The van der Waals surface area contributed by atoms with Crippen LogP contribution in [0.4, 0.5) is 0 Å². The van der Waals surface area contributed by atoms with Gasteiger partial charge in [0, 0.05) is 25.8 Å². The van der Waals surface area contributed by atoms with Gasteiger partial charge in [0.1, 0.15) is 0 Å². The number of esters is 1. The van der Waals surface area contributed by atoms with Crippen molar-refractivity contribution in [1.29, 1.82) is 0 Å². The minimum absolute atomic E-state index is 0.000547. The highest BCUT2D eigenvalue weighted by Gasteiger charge is 2.15. The van der Waals surface area contributed by atoms with Crippen molar-refractivity contribution in [3.8, 4) is 0 Å². The summed E-state index contributed by atoms with van der Waals surface area (Å²) in [5, 5.41) is 2.83. The fourth-order valence-corrected chi connectivity index (χ4v) is 2.12. The van der Waals surface area contributed by atoms with Crippen LogP contribution in [0.3, 0.4) is 0 Å². The molecule has 1 atom stereocenters. The molecule has 5 nitrogen and oxygen atoms in total. The number of allylic oxidation sites excluding steroid dienone is 1. The fraction of sp³-hybridized carbons (Fsp3) is 0.688. The summed E-state index contributed by atoms with van der Waals surface area (Å²) in [4.78, 5) is 34.1. The molecule has 21 heavy (non-hydrogen) atoms. The van der Waals surface area contributed by atoms with Crippen LogP contribution in [0.15, 0.2) is 12.7 Å². The molecule has 0 aromatic rings. The molecule has 0 radical (unpaired) electrons. The summed E-state index contributed by atoms with van der Waals surface area (Å²) in [7, 11) is 1.33. The number of hydrogen-bond acceptors (Lipinski definition) is 4. The zero-order chi connectivity index (χ0) is 16.3. The van der Waals surface area contributed by atoms with Crippen LogP contribution in [-0.4, -0.2) is 31.3 Å². The van der Waals surface area contributed by atoms with E-state index in [4.69, 9.17) is 0 Å². The predicted molar refractivity (Wildman–Crippen MR) is 81.6 cm³/mol. The first kappa shape index (κ1) is 19.4. The van der Waals surface area contributed by atoms with Gasteiger partial charge < -0.3 is 10.1 Å². The molecule has 0 aliphatic heterocycles. The lowest BCUT2D eigenvalue weighted by Gasteiger charge is -2.18. The Labute approximate surface area is 127 Å². The average molecular weight is 297 g/mol. The van der Waals surface area contributed by atoms with Crippen molar-refractivity contribution >= 4 is 17.7 Å². The number of rotatable bonds is 11. The fourth-order valence-electron chi connectivity index (χ4n) is 2.12. The van der Waals surface area contributed by atoms with Crippen LogP contribution < -0.4 is 5.32 Å². The lowest BCUT2D eigenvalue weighted by Crippen LogP contribution is -2.30. The second kappa shape index (κ2) is 11.1. The van der Waals surface area contributed by atoms with Crippen LogP contribution in [0.25, 0.3) is 0 Å². The number of amides is 1. The zero-order valence-corrected chi connectivity index (χ0v) is 13.3. The van der Waals surface area contributed by atoms with E-state index in [0.717, 1.165) is 6.42 Å². The molecule has 1 unspecified atom stereocenters. The molecule has 0 saturated carbocycles. The summed E-state index contributed by atoms with van der Waals surface area (Å²) in [5.41, 5.74) is 0. The maximum atomic E-state index is 11.7. The van der Waals surface area contributed by atoms with Crippen molar-refractivity contribution < 1.29 is 19.1 Å². The molecule has 0 heterocycles. The van der Waals surface area contributed by atoms with Crippen LogP contribution in [-0.2, 0) is 19.1 Å². The van der Waals surface area contributed by atoms with Crippen molar-refractivity contribution in [1.82, 2.24) is 5.32 Å². The molecule has 1 N–H and O–H groups in total. The summed E-state index contributed by atoms with van der Waals surface area (Å²) in [6.45, 7) is 8.13. The van der Waals surface area contributed by atoms with E-state index in [2.05, 4.69) is 30.5 Å². The Kier molecular flexibility index (Phi) is 10.2. The minimum atomic E-state index is -0.308. The van der Waals surface area contributed by atoms with E-state index in [0.29, 0.717) is 31.7 Å². The molecule has 0 fully saturated rings. The highest BCUT2D eigenvalue weighted by molar-refractivity contribution is 5.89. The summed E-state index contributed by atoms with van der Waals surface area (Å²) in [5.74, 6) is 0.181. The van der Waals surface area contributed by atoms with E-state index in [1.807, 2.05) is 0 Å². The minimum Gasteiger partial charge on any atom is -0.469 e. The number of methoxy groups -OCH3 is 1. The zero-order valence-electron chi connectivity index (χ0n) is 13.3. The van der Waals surface area contributed by atoms with E-state index < -0.39 is 0 Å². The van der Waals surface area contributed by atoms with Gasteiger partial charge in [-0.15, -0.1) is 0 Å². The van der Waals surface area contributed by atoms with Crippen LogP contribution in [0.2, 0.25) is 0 Å². The molecule has 0 bridgehead atoms. The molecule has 0 rings (SSSR count). The Morgan fingerprint density at radius 2 is 1.90 bits per heavy atom. The summed E-state index contributed by atoms with van der Waals surface area (Å²) >= 11 is 0. The topological polar surface area (TPSA) is 72.5 Å². The average Bonchev–Trinajstić information content (AvgIpc) is 2.43. The molecule has 0 aromatic carbocycles. The van der Waals surface area contributed by atoms with Gasteiger partial charge in [-0.2, -0.15) is 0 Å². The van der Waals surface area contributed by atoms with Crippen molar-refractivity contribution in [3.63, 3.8) is 0 Å². The highest BCUT2D eigenvalue weighted by atomic mass is 16.5. The third kappa shape index (κ3) is 10.8. The van der Waals surface area contributed by atoms with Gasteiger partial charge in [-0.25, -0.2) is 0 Å². The molecule has 1 amide bonds. The molecule has 0 aliphatic rings. The van der Waals surface area contributed by atoms with Crippen molar-refractivity contribution in [3.05, 3.63) is 12.7 Å². The second-order valence-corrected chi connectivity index (χ2v) is 5.60. The molecular formula is C16H27NO4. The lowest BCUT2D eigenvalue weighted by atomic mass is 9.92. The van der Waals surface area contributed by atoms with Crippen molar-refractivity contribution in [2.75, 3.05) is 13.7 Å². The largest absolute Gasteiger partial charge is 0.469 e. The Bertz CT molecular complexity index is 363. The Hall–Kier alpha value is -1.65. The van der Waals surface area contributed by atoms with Crippen LogP contribution in [0.1, 0.15) is 46.0 Å². The molecule has 5 heteroatoms. The van der Waals surface area contributed by atoms with E-state index in [1.165, 1.54) is 13.2 Å². The Morgan fingerprint density at radius 1 is 1.24 bits per heavy atom. The predicted octanol–water partition coefficient (Wildman–Crippen LogP) is 2.25. The van der Waals surface area contributed by atoms with Crippen molar-refractivity contribution in [2.45, 2.75) is 46.0 Å². The standard InChI is InChI=1S/C16H27NO4/c1-5-14(18)10-13(9-12(2)3)11-17-15(19)7-6-8-16(20)21-4/h5,12-13H,1,6-11H2,2-4H3,(H,17,19). The monoisotopic (exact) mass is 297 g/mol. The molecule has 0 saturated heterocycles. The van der Waals surface area contributed by atoms with Gasteiger partial charge in [-0.1, -0.05) is 20.4 Å². The maximum Gasteiger partial charge on any atom is 0.305 e.